The van der Waals surface area contributed by atoms with Gasteiger partial charge >= 0.3 is 0 Å². The van der Waals surface area contributed by atoms with Crippen LogP contribution < -0.4 is 0 Å². The third kappa shape index (κ3) is 3.88. The fourth-order valence-electron chi connectivity index (χ4n) is 1.66. The average molecular weight is 282 g/mol. The fraction of sp³-hybridized carbons (Fsp3) is 0.462. The molecule has 1 N–H and O–H groups in total. The summed E-state index contributed by atoms with van der Waals surface area (Å²) in [5, 5.41) is 14.6. The summed E-state index contributed by atoms with van der Waals surface area (Å²) in [5.74, 6) is 0. The van der Waals surface area contributed by atoms with Crippen molar-refractivity contribution >= 4 is 22.7 Å². The first-order chi connectivity index (χ1) is 8.65. The van der Waals surface area contributed by atoms with Crippen molar-refractivity contribution in [3.05, 3.63) is 28.6 Å². The third-order valence-corrected chi connectivity index (χ3v) is 4.57. The molecule has 0 spiro atoms. The fourth-order valence-corrected chi connectivity index (χ4v) is 3.28. The number of hydrogen-bond donors (Lipinski definition) is 1. The average Bonchev–Trinajstić information content (AvgIpc) is 2.95. The molecule has 0 aliphatic rings. The molecule has 0 fully saturated rings. The lowest BCUT2D eigenvalue weighted by molar-refractivity contribution is 0.162. The van der Waals surface area contributed by atoms with Crippen LogP contribution in [0.15, 0.2) is 22.9 Å². The molecule has 2 aromatic rings. The molecule has 0 aliphatic carbocycles. The first kappa shape index (κ1) is 13.7. The molecule has 0 bridgehead atoms. The van der Waals surface area contributed by atoms with Crippen LogP contribution in [-0.4, -0.2) is 34.7 Å². The highest BCUT2D eigenvalue weighted by Gasteiger charge is 2.08. The van der Waals surface area contributed by atoms with Gasteiger partial charge in [0.05, 0.1) is 16.7 Å². The van der Waals surface area contributed by atoms with Gasteiger partial charge in [0.2, 0.25) is 0 Å². The Kier molecular flexibility index (Phi) is 4.88. The monoisotopic (exact) mass is 282 g/mol. The first-order valence-corrected chi connectivity index (χ1v) is 7.76. The quantitative estimate of drug-likeness (QED) is 0.884. The molecular formula is C13H18N2OS2. The number of aliphatic hydroxyl groups is 1. The summed E-state index contributed by atoms with van der Waals surface area (Å²) in [4.78, 5) is 8.07. The Bertz CT molecular complexity index is 465. The smallest absolute Gasteiger partial charge is 0.133 e. The molecule has 2 heterocycles. The number of thiazole rings is 1. The Morgan fingerprint density at radius 3 is 2.94 bits per heavy atom. The number of nitrogens with zero attached hydrogens (tertiary/aromatic N) is 2. The van der Waals surface area contributed by atoms with E-state index >= 15 is 0 Å². The molecule has 18 heavy (non-hydrogen) atoms. The topological polar surface area (TPSA) is 36.4 Å². The molecule has 0 saturated heterocycles. The standard InChI is InChI=1S/C13H18N2OS2/c1-10(16)5-6-15(2)8-11-9-18-13(14-11)12-4-3-7-17-12/h3-4,7,9-10,16H,5-6,8H2,1-2H3. The van der Waals surface area contributed by atoms with E-state index in [0.29, 0.717) is 0 Å². The largest absolute Gasteiger partial charge is 0.393 e. The highest BCUT2D eigenvalue weighted by molar-refractivity contribution is 7.20. The summed E-state index contributed by atoms with van der Waals surface area (Å²) in [7, 11) is 2.06. The normalized spacial score (nSPS) is 13.1. The molecule has 1 unspecified atom stereocenters. The van der Waals surface area contributed by atoms with E-state index < -0.39 is 0 Å². The molecule has 2 aromatic heterocycles. The third-order valence-electron chi connectivity index (χ3n) is 2.64. The van der Waals surface area contributed by atoms with E-state index in [-0.39, 0.29) is 6.10 Å². The zero-order chi connectivity index (χ0) is 13.0. The van der Waals surface area contributed by atoms with Crippen molar-refractivity contribution in [3.63, 3.8) is 0 Å². The van der Waals surface area contributed by atoms with Crippen molar-refractivity contribution in [2.45, 2.75) is 26.0 Å². The van der Waals surface area contributed by atoms with Gasteiger partial charge in [0, 0.05) is 18.5 Å². The van der Waals surface area contributed by atoms with Crippen molar-refractivity contribution < 1.29 is 5.11 Å². The minimum atomic E-state index is -0.232. The Morgan fingerprint density at radius 1 is 1.44 bits per heavy atom. The van der Waals surface area contributed by atoms with Crippen LogP contribution in [0.5, 0.6) is 0 Å². The zero-order valence-electron chi connectivity index (χ0n) is 10.7. The molecule has 3 nitrogen and oxygen atoms in total. The second kappa shape index (κ2) is 6.43. The summed E-state index contributed by atoms with van der Waals surface area (Å²) >= 11 is 3.42. The summed E-state index contributed by atoms with van der Waals surface area (Å²) in [6.45, 7) is 3.56. The van der Waals surface area contributed by atoms with Crippen molar-refractivity contribution in [1.82, 2.24) is 9.88 Å². The molecule has 0 aromatic carbocycles. The van der Waals surface area contributed by atoms with Gasteiger partial charge < -0.3 is 10.0 Å². The van der Waals surface area contributed by atoms with Gasteiger partial charge in [-0.1, -0.05) is 6.07 Å². The summed E-state index contributed by atoms with van der Waals surface area (Å²) in [5.41, 5.74) is 1.11. The number of aromatic nitrogens is 1. The van der Waals surface area contributed by atoms with Crippen LogP contribution in [0.3, 0.4) is 0 Å². The number of hydrogen-bond acceptors (Lipinski definition) is 5. The first-order valence-electron chi connectivity index (χ1n) is 6.00. The van der Waals surface area contributed by atoms with Crippen LogP contribution in [0.1, 0.15) is 19.0 Å². The van der Waals surface area contributed by atoms with E-state index in [0.717, 1.165) is 30.2 Å². The summed E-state index contributed by atoms with van der Waals surface area (Å²) < 4.78 is 0. The Morgan fingerprint density at radius 2 is 2.28 bits per heavy atom. The van der Waals surface area contributed by atoms with E-state index in [4.69, 9.17) is 0 Å². The van der Waals surface area contributed by atoms with Gasteiger partial charge in [0.15, 0.2) is 0 Å². The van der Waals surface area contributed by atoms with Crippen molar-refractivity contribution in [2.24, 2.45) is 0 Å². The van der Waals surface area contributed by atoms with Gasteiger partial charge in [0.25, 0.3) is 0 Å². The number of rotatable bonds is 6. The Labute approximate surface area is 116 Å². The van der Waals surface area contributed by atoms with Crippen LogP contribution in [0.4, 0.5) is 0 Å². The minimum Gasteiger partial charge on any atom is -0.393 e. The molecule has 0 aliphatic heterocycles. The lowest BCUT2D eigenvalue weighted by atomic mass is 10.3. The maximum Gasteiger partial charge on any atom is 0.133 e. The maximum atomic E-state index is 9.26. The van der Waals surface area contributed by atoms with E-state index in [1.165, 1.54) is 4.88 Å². The van der Waals surface area contributed by atoms with Gasteiger partial charge in [-0.2, -0.15) is 0 Å². The second-order valence-electron chi connectivity index (χ2n) is 4.50. The Hall–Kier alpha value is -0.750. The summed E-state index contributed by atoms with van der Waals surface area (Å²) in [6, 6.07) is 4.15. The van der Waals surface area contributed by atoms with Crippen molar-refractivity contribution in [2.75, 3.05) is 13.6 Å². The van der Waals surface area contributed by atoms with Gasteiger partial charge in [0.1, 0.15) is 5.01 Å². The molecule has 0 radical (unpaired) electrons. The van der Waals surface area contributed by atoms with Crippen molar-refractivity contribution in [1.29, 1.82) is 0 Å². The molecule has 2 rings (SSSR count). The van der Waals surface area contributed by atoms with Crippen LogP contribution >= 0.6 is 22.7 Å². The zero-order valence-corrected chi connectivity index (χ0v) is 12.3. The molecule has 98 valence electrons. The molecule has 0 amide bonds. The highest BCUT2D eigenvalue weighted by Crippen LogP contribution is 2.27. The van der Waals surface area contributed by atoms with Gasteiger partial charge in [-0.05, 0) is 31.8 Å². The highest BCUT2D eigenvalue weighted by atomic mass is 32.1. The van der Waals surface area contributed by atoms with Gasteiger partial charge in [-0.15, -0.1) is 22.7 Å². The van der Waals surface area contributed by atoms with Crippen LogP contribution in [0, 0.1) is 0 Å². The second-order valence-corrected chi connectivity index (χ2v) is 6.30. The number of aliphatic hydroxyl groups excluding tert-OH is 1. The molecule has 5 heteroatoms. The van der Waals surface area contributed by atoms with Crippen LogP contribution in [-0.2, 0) is 6.54 Å². The van der Waals surface area contributed by atoms with Gasteiger partial charge in [-0.3, -0.25) is 0 Å². The SMILES string of the molecule is CC(O)CCN(C)Cc1csc(-c2cccs2)n1. The van der Waals surface area contributed by atoms with E-state index in [9.17, 15) is 5.11 Å². The van der Waals surface area contributed by atoms with Crippen molar-refractivity contribution in [3.8, 4) is 9.88 Å². The minimum absolute atomic E-state index is 0.232. The molecule has 1 atom stereocenters. The number of thiophene rings is 1. The lowest BCUT2D eigenvalue weighted by Crippen LogP contribution is -2.22. The van der Waals surface area contributed by atoms with E-state index in [1.807, 2.05) is 6.92 Å². The predicted octanol–water partition coefficient (Wildman–Crippen LogP) is 3.07. The van der Waals surface area contributed by atoms with Gasteiger partial charge in [-0.25, -0.2) is 4.98 Å². The van der Waals surface area contributed by atoms with E-state index in [1.54, 1.807) is 22.7 Å². The predicted molar refractivity (Wildman–Crippen MR) is 78.1 cm³/mol. The van der Waals surface area contributed by atoms with E-state index in [2.05, 4.69) is 39.8 Å². The van der Waals surface area contributed by atoms with Crippen LogP contribution in [0.25, 0.3) is 9.88 Å². The maximum absolute atomic E-state index is 9.26. The lowest BCUT2D eigenvalue weighted by Gasteiger charge is -2.15. The Balaban J connectivity index is 1.90. The summed E-state index contributed by atoms with van der Waals surface area (Å²) in [6.07, 6.45) is 0.572. The van der Waals surface area contributed by atoms with Crippen LogP contribution in [0.2, 0.25) is 0 Å². The molecular weight excluding hydrogens is 264 g/mol. The molecule has 0 saturated carbocycles.